The zero-order chi connectivity index (χ0) is 20.7. The highest BCUT2D eigenvalue weighted by molar-refractivity contribution is 7.14. The Balaban J connectivity index is 1.96. The fourth-order valence-electron chi connectivity index (χ4n) is 3.04. The van der Waals surface area contributed by atoms with Gasteiger partial charge in [0.05, 0.1) is 16.4 Å². The van der Waals surface area contributed by atoms with Gasteiger partial charge in [-0.25, -0.2) is 4.68 Å². The van der Waals surface area contributed by atoms with E-state index in [1.165, 1.54) is 0 Å². The van der Waals surface area contributed by atoms with E-state index in [4.69, 9.17) is 39.9 Å². The van der Waals surface area contributed by atoms with E-state index >= 15 is 0 Å². The summed E-state index contributed by atoms with van der Waals surface area (Å²) in [6, 6.07) is 13.0. The zero-order valence-electron chi connectivity index (χ0n) is 15.9. The molecule has 0 fully saturated rings. The van der Waals surface area contributed by atoms with Gasteiger partial charge in [0, 0.05) is 27.1 Å². The molecule has 0 N–H and O–H groups in total. The molecule has 2 aromatic heterocycles. The third kappa shape index (κ3) is 3.92. The molecule has 0 spiro atoms. The molecule has 148 valence electrons. The molecule has 4 rings (SSSR count). The van der Waals surface area contributed by atoms with Gasteiger partial charge in [0.15, 0.2) is 5.01 Å². The molecular weight excluding hydrogens is 447 g/mol. The van der Waals surface area contributed by atoms with Crippen LogP contribution in [0.25, 0.3) is 27.6 Å². The fourth-order valence-corrected chi connectivity index (χ4v) is 4.54. The van der Waals surface area contributed by atoms with Gasteiger partial charge < -0.3 is 0 Å². The number of aromatic nitrogens is 4. The molecule has 0 bridgehead atoms. The maximum atomic E-state index is 6.51. The molecule has 2 aromatic carbocycles. The van der Waals surface area contributed by atoms with Crippen molar-refractivity contribution in [3.63, 3.8) is 0 Å². The highest BCUT2D eigenvalue weighted by Crippen LogP contribution is 2.37. The van der Waals surface area contributed by atoms with Crippen LogP contribution in [-0.2, 0) is 0 Å². The molecule has 0 unspecified atom stereocenters. The summed E-state index contributed by atoms with van der Waals surface area (Å²) in [5, 5.41) is 17.1. The lowest BCUT2D eigenvalue weighted by Crippen LogP contribution is -2.00. The first kappa shape index (κ1) is 20.4. The first-order valence-corrected chi connectivity index (χ1v) is 10.9. The smallest absolute Gasteiger partial charge is 0.168 e. The third-order valence-electron chi connectivity index (χ3n) is 4.51. The van der Waals surface area contributed by atoms with E-state index in [0.29, 0.717) is 21.0 Å². The summed E-state index contributed by atoms with van der Waals surface area (Å²) in [7, 11) is 0. The molecule has 8 heteroatoms. The van der Waals surface area contributed by atoms with Crippen LogP contribution in [0.1, 0.15) is 30.3 Å². The van der Waals surface area contributed by atoms with E-state index < -0.39 is 0 Å². The molecule has 4 nitrogen and oxygen atoms in total. The van der Waals surface area contributed by atoms with Gasteiger partial charge >= 0.3 is 0 Å². The summed E-state index contributed by atoms with van der Waals surface area (Å²) in [5.74, 6) is 0.310. The van der Waals surface area contributed by atoms with Crippen molar-refractivity contribution < 1.29 is 0 Å². The molecule has 4 aromatic rings. The average Bonchev–Trinajstić information content (AvgIpc) is 3.28. The minimum atomic E-state index is 0.310. The molecule has 0 aliphatic carbocycles. The minimum absolute atomic E-state index is 0.310. The van der Waals surface area contributed by atoms with Crippen LogP contribution in [0, 0.1) is 6.92 Å². The molecule has 0 saturated heterocycles. The van der Waals surface area contributed by atoms with E-state index in [2.05, 4.69) is 24.0 Å². The van der Waals surface area contributed by atoms with Crippen LogP contribution in [0.5, 0.6) is 0 Å². The van der Waals surface area contributed by atoms with Crippen LogP contribution in [-0.4, -0.2) is 20.0 Å². The Morgan fingerprint density at radius 3 is 2.24 bits per heavy atom. The number of benzene rings is 2. The Morgan fingerprint density at radius 1 is 0.931 bits per heavy atom. The van der Waals surface area contributed by atoms with E-state index in [1.807, 2.05) is 41.9 Å². The van der Waals surface area contributed by atoms with Gasteiger partial charge in [-0.3, -0.25) is 0 Å². The van der Waals surface area contributed by atoms with Gasteiger partial charge in [-0.2, -0.15) is 5.10 Å². The van der Waals surface area contributed by atoms with Crippen LogP contribution in [0.4, 0.5) is 0 Å². The maximum Gasteiger partial charge on any atom is 0.168 e. The second-order valence-corrected chi connectivity index (χ2v) is 9.23. The highest BCUT2D eigenvalue weighted by atomic mass is 35.5. The molecule has 2 heterocycles. The monoisotopic (exact) mass is 462 g/mol. The zero-order valence-corrected chi connectivity index (χ0v) is 19.0. The quantitative estimate of drug-likeness (QED) is 0.315. The summed E-state index contributed by atoms with van der Waals surface area (Å²) >= 11 is 20.3. The van der Waals surface area contributed by atoms with Gasteiger partial charge in [-0.15, -0.1) is 10.2 Å². The van der Waals surface area contributed by atoms with Crippen molar-refractivity contribution in [1.29, 1.82) is 0 Å². The van der Waals surface area contributed by atoms with Gasteiger partial charge in [-0.1, -0.05) is 72.1 Å². The van der Waals surface area contributed by atoms with E-state index in [-0.39, 0.29) is 0 Å². The molecule has 0 aliphatic rings. The topological polar surface area (TPSA) is 43.6 Å². The van der Waals surface area contributed by atoms with Crippen molar-refractivity contribution in [3.05, 3.63) is 68.1 Å². The standard InChI is InChI=1S/C21H17Cl3N4S/c1-11(2)20-25-26-21(29-20)18-12(3)19(13-4-6-14(22)7-5-13)28(27-18)17-9-8-15(23)10-16(17)24/h4-11H,1-3H3. The third-order valence-corrected chi connectivity index (χ3v) is 6.54. The van der Waals surface area contributed by atoms with Gasteiger partial charge in [-0.05, 0) is 37.3 Å². The largest absolute Gasteiger partial charge is 0.231 e. The molecule has 29 heavy (non-hydrogen) atoms. The van der Waals surface area contributed by atoms with Crippen molar-refractivity contribution in [3.8, 4) is 27.6 Å². The summed E-state index contributed by atoms with van der Waals surface area (Å²) in [4.78, 5) is 0. The van der Waals surface area contributed by atoms with Crippen LogP contribution in [0.15, 0.2) is 42.5 Å². The Morgan fingerprint density at radius 2 is 1.62 bits per heavy atom. The lowest BCUT2D eigenvalue weighted by molar-refractivity contribution is 0.824. The second-order valence-electron chi connectivity index (χ2n) is 6.94. The van der Waals surface area contributed by atoms with Gasteiger partial charge in [0.2, 0.25) is 0 Å². The van der Waals surface area contributed by atoms with Crippen LogP contribution < -0.4 is 0 Å². The summed E-state index contributed by atoms with van der Waals surface area (Å²) in [5.41, 5.74) is 4.41. The Hall–Kier alpha value is -1.92. The predicted octanol–water partition coefficient (Wildman–Crippen LogP) is 7.45. The first-order valence-electron chi connectivity index (χ1n) is 9.00. The maximum absolute atomic E-state index is 6.51. The number of hydrogen-bond acceptors (Lipinski definition) is 4. The first-order chi connectivity index (χ1) is 13.8. The summed E-state index contributed by atoms with van der Waals surface area (Å²) in [6.07, 6.45) is 0. The molecule has 0 saturated carbocycles. The summed E-state index contributed by atoms with van der Waals surface area (Å²) in [6.45, 7) is 6.23. The molecule has 0 amide bonds. The number of hydrogen-bond donors (Lipinski definition) is 0. The number of rotatable bonds is 4. The van der Waals surface area contributed by atoms with Crippen molar-refractivity contribution in [2.45, 2.75) is 26.7 Å². The van der Waals surface area contributed by atoms with Crippen molar-refractivity contribution in [1.82, 2.24) is 20.0 Å². The summed E-state index contributed by atoms with van der Waals surface area (Å²) < 4.78 is 1.84. The average molecular weight is 464 g/mol. The molecule has 0 radical (unpaired) electrons. The lowest BCUT2D eigenvalue weighted by Gasteiger charge is -2.11. The van der Waals surface area contributed by atoms with Crippen LogP contribution >= 0.6 is 46.1 Å². The Labute approximate surface area is 188 Å². The van der Waals surface area contributed by atoms with Crippen molar-refractivity contribution in [2.75, 3.05) is 0 Å². The molecule has 0 aliphatic heterocycles. The molecule has 0 atom stereocenters. The molecular formula is C21H17Cl3N4S. The Kier molecular flexibility index (Phi) is 5.67. The fraction of sp³-hybridized carbons (Fsp3) is 0.190. The van der Waals surface area contributed by atoms with Crippen LogP contribution in [0.2, 0.25) is 15.1 Å². The number of halogens is 3. The van der Waals surface area contributed by atoms with Gasteiger partial charge in [0.1, 0.15) is 10.7 Å². The van der Waals surface area contributed by atoms with Crippen molar-refractivity contribution >= 4 is 46.1 Å². The van der Waals surface area contributed by atoms with E-state index in [9.17, 15) is 0 Å². The minimum Gasteiger partial charge on any atom is -0.231 e. The normalized spacial score (nSPS) is 11.4. The lowest BCUT2D eigenvalue weighted by atomic mass is 10.1. The van der Waals surface area contributed by atoms with Gasteiger partial charge in [0.25, 0.3) is 0 Å². The van der Waals surface area contributed by atoms with Crippen LogP contribution in [0.3, 0.4) is 0 Å². The number of nitrogens with zero attached hydrogens (tertiary/aromatic N) is 4. The highest BCUT2D eigenvalue weighted by Gasteiger charge is 2.22. The SMILES string of the molecule is Cc1c(-c2nnc(C(C)C)s2)nn(-c2ccc(Cl)cc2Cl)c1-c1ccc(Cl)cc1. The second kappa shape index (κ2) is 8.07. The Bertz CT molecular complexity index is 1180. The van der Waals surface area contributed by atoms with E-state index in [0.717, 1.165) is 38.2 Å². The van der Waals surface area contributed by atoms with E-state index in [1.54, 1.807) is 23.5 Å². The van der Waals surface area contributed by atoms with Crippen molar-refractivity contribution in [2.24, 2.45) is 0 Å². The predicted molar refractivity (Wildman–Crippen MR) is 122 cm³/mol.